The van der Waals surface area contributed by atoms with Crippen LogP contribution >= 0.6 is 11.9 Å². The number of hydrogen-bond acceptors (Lipinski definition) is 7. The van der Waals surface area contributed by atoms with Crippen molar-refractivity contribution >= 4 is 18.0 Å². The third-order valence-electron chi connectivity index (χ3n) is 4.45. The van der Waals surface area contributed by atoms with Gasteiger partial charge in [0.15, 0.2) is 0 Å². The average Bonchev–Trinajstić information content (AvgIpc) is 3.10. The van der Waals surface area contributed by atoms with Gasteiger partial charge in [-0.1, -0.05) is 34.6 Å². The first-order chi connectivity index (χ1) is 15.2. The fourth-order valence-electron chi connectivity index (χ4n) is 3.25. The van der Waals surface area contributed by atoms with Gasteiger partial charge in [-0.25, -0.2) is 9.10 Å². The number of benzene rings is 1. The minimum atomic E-state index is -0.324. The van der Waals surface area contributed by atoms with Crippen molar-refractivity contribution in [3.8, 4) is 11.5 Å². The van der Waals surface area contributed by atoms with E-state index in [1.165, 1.54) is 18.0 Å². The van der Waals surface area contributed by atoms with Crippen LogP contribution in [0.2, 0.25) is 0 Å². The number of amides is 1. The minimum Gasteiger partial charge on any atom is -0.508 e. The molecular formula is C24H44N2O5S. The fraction of sp³-hybridized carbons (Fsp3) is 0.708. The van der Waals surface area contributed by atoms with E-state index in [0.29, 0.717) is 18.4 Å². The average molecular weight is 473 g/mol. The van der Waals surface area contributed by atoms with Crippen molar-refractivity contribution in [2.45, 2.75) is 78.2 Å². The summed E-state index contributed by atoms with van der Waals surface area (Å²) < 4.78 is 7.64. The molecule has 1 amide bonds. The molecule has 1 aliphatic rings. The molecule has 0 spiro atoms. The van der Waals surface area contributed by atoms with Crippen LogP contribution in [0.25, 0.3) is 0 Å². The van der Waals surface area contributed by atoms with Gasteiger partial charge in [-0.05, 0) is 68.5 Å². The number of phenols is 2. The van der Waals surface area contributed by atoms with Crippen molar-refractivity contribution in [3.63, 3.8) is 0 Å². The maximum Gasteiger partial charge on any atom is 0.407 e. The minimum absolute atomic E-state index is 0.0487. The monoisotopic (exact) mass is 472 g/mol. The SMILES string of the molecule is CC.CC(C)CN(CCCNC(=O)OC1CCC(C)C1)Sc1cc(O)cc(O)c1.CCO. The van der Waals surface area contributed by atoms with Gasteiger partial charge in [-0.3, -0.25) is 0 Å². The van der Waals surface area contributed by atoms with Crippen molar-refractivity contribution in [3.05, 3.63) is 18.2 Å². The van der Waals surface area contributed by atoms with E-state index < -0.39 is 0 Å². The second kappa shape index (κ2) is 17.9. The molecule has 0 aliphatic heterocycles. The Morgan fingerprint density at radius 1 is 1.22 bits per heavy atom. The van der Waals surface area contributed by atoms with E-state index in [4.69, 9.17) is 9.84 Å². The van der Waals surface area contributed by atoms with Crippen molar-refractivity contribution in [1.29, 1.82) is 0 Å². The number of aliphatic hydroxyl groups is 1. The Hall–Kier alpha value is -1.64. The molecule has 2 atom stereocenters. The third kappa shape index (κ3) is 14.4. The molecule has 4 N–H and O–H groups in total. The van der Waals surface area contributed by atoms with E-state index in [1.807, 2.05) is 13.8 Å². The molecule has 0 bridgehead atoms. The second-order valence-corrected chi connectivity index (χ2v) is 9.27. The number of nitrogens with one attached hydrogen (secondary N) is 1. The van der Waals surface area contributed by atoms with E-state index >= 15 is 0 Å². The predicted molar refractivity (Wildman–Crippen MR) is 132 cm³/mol. The molecule has 0 radical (unpaired) electrons. The van der Waals surface area contributed by atoms with Crippen LogP contribution in [-0.2, 0) is 4.74 Å². The number of aliphatic hydroxyl groups excluding tert-OH is 1. The highest BCUT2D eigenvalue weighted by Crippen LogP contribution is 2.31. The van der Waals surface area contributed by atoms with Gasteiger partial charge in [-0.2, -0.15) is 0 Å². The van der Waals surface area contributed by atoms with Gasteiger partial charge in [0.2, 0.25) is 0 Å². The standard InChI is InChI=1S/C20H32N2O4S.C2H6O.C2H6/c1-14(2)13-22(27-19-11-16(23)10-17(24)12-19)8-4-7-21-20(25)26-18-6-5-15(3)9-18;1-2-3;1-2/h10-12,14-15,18,23-24H,4-9,13H2,1-3H3,(H,21,25);3H,2H2,1H3;1-2H3. The first-order valence-corrected chi connectivity index (χ1v) is 12.5. The van der Waals surface area contributed by atoms with Gasteiger partial charge in [-0.15, -0.1) is 0 Å². The lowest BCUT2D eigenvalue weighted by molar-refractivity contribution is 0.0990. The van der Waals surface area contributed by atoms with Gasteiger partial charge in [0.25, 0.3) is 0 Å². The zero-order valence-electron chi connectivity index (χ0n) is 20.6. The lowest BCUT2D eigenvalue weighted by Gasteiger charge is -2.23. The Kier molecular flexibility index (Phi) is 16.9. The molecular weight excluding hydrogens is 428 g/mol. The van der Waals surface area contributed by atoms with Crippen LogP contribution in [0.1, 0.15) is 67.2 Å². The summed E-state index contributed by atoms with van der Waals surface area (Å²) in [5, 5.41) is 29.7. The summed E-state index contributed by atoms with van der Waals surface area (Å²) in [6, 6.07) is 4.59. The van der Waals surface area contributed by atoms with Gasteiger partial charge >= 0.3 is 6.09 Å². The maximum atomic E-state index is 11.9. The maximum absolute atomic E-state index is 11.9. The molecule has 8 heteroatoms. The molecule has 1 saturated carbocycles. The Morgan fingerprint density at radius 2 is 1.81 bits per heavy atom. The van der Waals surface area contributed by atoms with Crippen LogP contribution < -0.4 is 5.32 Å². The van der Waals surface area contributed by atoms with Gasteiger partial charge in [0, 0.05) is 37.2 Å². The Labute approximate surface area is 198 Å². The number of carbonyl (C=O) groups is 1. The van der Waals surface area contributed by atoms with Gasteiger partial charge < -0.3 is 25.4 Å². The number of nitrogens with zero attached hydrogens (tertiary/aromatic N) is 1. The first-order valence-electron chi connectivity index (χ1n) is 11.7. The van der Waals surface area contributed by atoms with Crippen LogP contribution in [0.3, 0.4) is 0 Å². The largest absolute Gasteiger partial charge is 0.508 e. The van der Waals surface area contributed by atoms with E-state index in [-0.39, 0.29) is 30.3 Å². The summed E-state index contributed by atoms with van der Waals surface area (Å²) in [5.41, 5.74) is 0. The zero-order chi connectivity index (χ0) is 24.5. The molecule has 1 aromatic rings. The van der Waals surface area contributed by atoms with Crippen molar-refractivity contribution in [2.24, 2.45) is 11.8 Å². The highest BCUT2D eigenvalue weighted by molar-refractivity contribution is 7.97. The van der Waals surface area contributed by atoms with Gasteiger partial charge in [0.05, 0.1) is 0 Å². The van der Waals surface area contributed by atoms with E-state index in [1.54, 1.807) is 19.1 Å². The smallest absolute Gasteiger partial charge is 0.407 e. The zero-order valence-corrected chi connectivity index (χ0v) is 21.5. The summed E-state index contributed by atoms with van der Waals surface area (Å²) in [4.78, 5) is 12.7. The normalized spacial score (nSPS) is 17.3. The lowest BCUT2D eigenvalue weighted by Crippen LogP contribution is -2.31. The Morgan fingerprint density at radius 3 is 2.31 bits per heavy atom. The van der Waals surface area contributed by atoms with E-state index in [0.717, 1.165) is 43.7 Å². The molecule has 0 saturated heterocycles. The molecule has 1 aliphatic carbocycles. The molecule has 1 aromatic carbocycles. The molecule has 0 heterocycles. The third-order valence-corrected chi connectivity index (χ3v) is 5.49. The predicted octanol–water partition coefficient (Wildman–Crippen LogP) is 5.39. The van der Waals surface area contributed by atoms with Gasteiger partial charge in [0.1, 0.15) is 17.6 Å². The number of hydrogen-bond donors (Lipinski definition) is 4. The number of alkyl carbamates (subject to hydrolysis) is 1. The highest BCUT2D eigenvalue weighted by atomic mass is 32.2. The molecule has 2 unspecified atom stereocenters. The quantitative estimate of drug-likeness (QED) is 0.282. The van der Waals surface area contributed by atoms with Crippen LogP contribution in [-0.4, -0.2) is 58.1 Å². The van der Waals surface area contributed by atoms with Crippen LogP contribution in [0, 0.1) is 11.8 Å². The summed E-state index contributed by atoms with van der Waals surface area (Å²) in [7, 11) is 0. The van der Waals surface area contributed by atoms with E-state index in [2.05, 4.69) is 30.4 Å². The number of aromatic hydroxyl groups is 2. The first kappa shape index (κ1) is 30.4. The molecule has 0 aromatic heterocycles. The Balaban J connectivity index is 0.00000177. The van der Waals surface area contributed by atoms with Crippen molar-refractivity contribution in [2.75, 3.05) is 26.2 Å². The molecule has 7 nitrogen and oxygen atoms in total. The summed E-state index contributed by atoms with van der Waals surface area (Å²) in [6.07, 6.45) is 3.58. The molecule has 1 fully saturated rings. The van der Waals surface area contributed by atoms with Crippen LogP contribution in [0.15, 0.2) is 23.1 Å². The van der Waals surface area contributed by atoms with E-state index in [9.17, 15) is 15.0 Å². The molecule has 32 heavy (non-hydrogen) atoms. The lowest BCUT2D eigenvalue weighted by atomic mass is 10.1. The van der Waals surface area contributed by atoms with Crippen LogP contribution in [0.5, 0.6) is 11.5 Å². The van der Waals surface area contributed by atoms with Crippen molar-refractivity contribution < 1.29 is 24.9 Å². The number of phenolic OH excluding ortho intramolecular Hbond substituents is 2. The summed E-state index contributed by atoms with van der Waals surface area (Å²) in [5.74, 6) is 1.22. The molecule has 2 rings (SSSR count). The second-order valence-electron chi connectivity index (χ2n) is 8.10. The van der Waals surface area contributed by atoms with Crippen molar-refractivity contribution in [1.82, 2.24) is 9.62 Å². The number of ether oxygens (including phenoxy) is 1. The number of rotatable bonds is 9. The topological polar surface area (TPSA) is 102 Å². The van der Waals surface area contributed by atoms with Crippen LogP contribution in [0.4, 0.5) is 4.79 Å². The summed E-state index contributed by atoms with van der Waals surface area (Å²) >= 11 is 1.50. The Bertz CT molecular complexity index is 610. The molecule has 186 valence electrons. The summed E-state index contributed by atoms with van der Waals surface area (Å²) in [6.45, 7) is 14.6. The fourth-order valence-corrected chi connectivity index (χ4v) is 4.49. The number of carbonyl (C=O) groups excluding carboxylic acids is 1. The highest BCUT2D eigenvalue weighted by Gasteiger charge is 2.24.